The predicted octanol–water partition coefficient (Wildman–Crippen LogP) is 5.48. The molecule has 224 valence electrons. The maximum Gasteiger partial charge on any atom is 0.354 e. The van der Waals surface area contributed by atoms with Crippen LogP contribution in [0, 0.1) is 18.7 Å². The van der Waals surface area contributed by atoms with Crippen molar-refractivity contribution >= 4 is 28.0 Å². The first-order valence-electron chi connectivity index (χ1n) is 14.7. The van der Waals surface area contributed by atoms with Crippen LogP contribution in [-0.4, -0.2) is 60.4 Å². The summed E-state index contributed by atoms with van der Waals surface area (Å²) in [6.45, 7) is 3.47. The molecule has 44 heavy (non-hydrogen) atoms. The number of carbonyl (C=O) groups excluding carboxylic acids is 1. The fourth-order valence-electron chi connectivity index (χ4n) is 6.61. The number of benzene rings is 1. The van der Waals surface area contributed by atoms with Gasteiger partial charge in [0.15, 0.2) is 0 Å². The van der Waals surface area contributed by atoms with Gasteiger partial charge in [0, 0.05) is 44.8 Å². The zero-order chi connectivity index (χ0) is 30.4. The molecule has 0 spiro atoms. The van der Waals surface area contributed by atoms with Gasteiger partial charge in [-0.1, -0.05) is 35.5 Å². The van der Waals surface area contributed by atoms with E-state index in [-0.39, 0.29) is 11.7 Å². The summed E-state index contributed by atoms with van der Waals surface area (Å²) in [4.78, 5) is 22.8. The molecule has 1 unspecified atom stereocenters. The predicted molar refractivity (Wildman–Crippen MR) is 163 cm³/mol. The number of aryl methyl sites for hydroxylation is 2. The Morgan fingerprint density at radius 1 is 1.09 bits per heavy atom. The summed E-state index contributed by atoms with van der Waals surface area (Å²) in [7, 11) is 3.22. The van der Waals surface area contributed by atoms with Gasteiger partial charge in [-0.3, -0.25) is 9.97 Å². The summed E-state index contributed by atoms with van der Waals surface area (Å²) in [6, 6.07) is 16.4. The van der Waals surface area contributed by atoms with Crippen molar-refractivity contribution < 1.29 is 18.7 Å². The van der Waals surface area contributed by atoms with Crippen LogP contribution in [0.4, 0.5) is 4.39 Å². The number of hydrogen-bond acceptors (Lipinski definition) is 7. The third-order valence-corrected chi connectivity index (χ3v) is 8.59. The number of fused-ring (bicyclic) bond motifs is 3. The molecule has 0 bridgehead atoms. The highest BCUT2D eigenvalue weighted by molar-refractivity contribution is 6.08. The summed E-state index contributed by atoms with van der Waals surface area (Å²) in [5, 5.41) is 8.45. The monoisotopic (exact) mass is 593 g/mol. The Morgan fingerprint density at radius 2 is 1.89 bits per heavy atom. The van der Waals surface area contributed by atoms with Crippen molar-refractivity contribution in [1.82, 2.24) is 34.1 Å². The molecule has 0 N–H and O–H groups in total. The molecule has 6 aromatic rings. The molecule has 0 aliphatic carbocycles. The molecule has 7 rings (SSSR count). The van der Waals surface area contributed by atoms with E-state index in [1.807, 2.05) is 54.9 Å². The van der Waals surface area contributed by atoms with Crippen molar-refractivity contribution in [2.24, 2.45) is 13.0 Å². The highest BCUT2D eigenvalue weighted by atomic mass is 19.1. The SMILES string of the molecule is COC(=O)c1cc2c(c3ncc(-c4c(C)nnn4C)cc3n2C(c2ncccc2F)C2CCOCC2)n1Cc1ccccc1. The van der Waals surface area contributed by atoms with Crippen molar-refractivity contribution in [3.63, 3.8) is 0 Å². The third-order valence-electron chi connectivity index (χ3n) is 8.59. The van der Waals surface area contributed by atoms with Crippen LogP contribution in [0.2, 0.25) is 0 Å². The summed E-state index contributed by atoms with van der Waals surface area (Å²) in [6.07, 6.45) is 4.89. The standard InChI is InChI=1S/C33H32FN7O3/c1-20-30(39(2)38-37-20)23-16-25-29(36-18-23)32-26(17-27(33(42)43-3)40(32)19-21-8-5-4-6-9-21)41(25)31(22-11-14-44-15-12-22)28-24(34)10-7-13-35-28/h4-10,13,16-18,22,31H,11-12,14-15,19H2,1-3H3. The van der Waals surface area contributed by atoms with Gasteiger partial charge in [0.2, 0.25) is 0 Å². The number of hydrogen-bond donors (Lipinski definition) is 0. The van der Waals surface area contributed by atoms with Crippen molar-refractivity contribution in [2.75, 3.05) is 20.3 Å². The summed E-state index contributed by atoms with van der Waals surface area (Å²) in [5.41, 5.74) is 7.20. The first-order valence-corrected chi connectivity index (χ1v) is 14.7. The van der Waals surface area contributed by atoms with Crippen LogP contribution in [-0.2, 0) is 23.1 Å². The lowest BCUT2D eigenvalue weighted by atomic mass is 9.88. The Balaban J connectivity index is 1.58. The fourth-order valence-corrected chi connectivity index (χ4v) is 6.61. The van der Waals surface area contributed by atoms with E-state index in [0.717, 1.165) is 51.9 Å². The molecule has 1 saturated heterocycles. The van der Waals surface area contributed by atoms with Gasteiger partial charge in [-0.25, -0.2) is 13.9 Å². The smallest absolute Gasteiger partial charge is 0.354 e. The molecule has 5 aromatic heterocycles. The molecule has 1 fully saturated rings. The van der Waals surface area contributed by atoms with E-state index in [1.165, 1.54) is 13.2 Å². The first-order chi connectivity index (χ1) is 21.5. The van der Waals surface area contributed by atoms with Crippen molar-refractivity contribution in [3.8, 4) is 11.3 Å². The summed E-state index contributed by atoms with van der Waals surface area (Å²) >= 11 is 0. The van der Waals surface area contributed by atoms with E-state index in [0.29, 0.717) is 36.7 Å². The maximum absolute atomic E-state index is 15.7. The highest BCUT2D eigenvalue weighted by Crippen LogP contribution is 2.42. The lowest BCUT2D eigenvalue weighted by molar-refractivity contribution is 0.0543. The van der Waals surface area contributed by atoms with Gasteiger partial charge in [0.25, 0.3) is 0 Å². The van der Waals surface area contributed by atoms with Gasteiger partial charge in [0.1, 0.15) is 17.0 Å². The zero-order valence-corrected chi connectivity index (χ0v) is 24.8. The molecule has 10 nitrogen and oxygen atoms in total. The molecular weight excluding hydrogens is 561 g/mol. The third kappa shape index (κ3) is 4.64. The van der Waals surface area contributed by atoms with Crippen LogP contribution < -0.4 is 0 Å². The van der Waals surface area contributed by atoms with Gasteiger partial charge in [0.05, 0.1) is 46.8 Å². The van der Waals surface area contributed by atoms with Crippen molar-refractivity contribution in [2.45, 2.75) is 32.4 Å². The Hall–Kier alpha value is -4.90. The summed E-state index contributed by atoms with van der Waals surface area (Å²) in [5.74, 6) is -0.821. The number of rotatable bonds is 7. The van der Waals surface area contributed by atoms with E-state index in [4.69, 9.17) is 14.5 Å². The number of ether oxygens (including phenoxy) is 2. The normalized spacial score (nSPS) is 14.8. The molecule has 0 saturated carbocycles. The Kier molecular flexibility index (Phi) is 7.17. The zero-order valence-electron chi connectivity index (χ0n) is 24.8. The lowest BCUT2D eigenvalue weighted by Crippen LogP contribution is -2.28. The van der Waals surface area contributed by atoms with Crippen LogP contribution in [0.25, 0.3) is 33.3 Å². The number of carbonyl (C=O) groups is 1. The molecule has 0 radical (unpaired) electrons. The van der Waals surface area contributed by atoms with Gasteiger partial charge < -0.3 is 18.6 Å². The average molecular weight is 594 g/mol. The second-order valence-corrected chi connectivity index (χ2v) is 11.2. The second-order valence-electron chi connectivity index (χ2n) is 11.2. The van der Waals surface area contributed by atoms with E-state index in [9.17, 15) is 4.79 Å². The number of pyridine rings is 2. The molecule has 1 atom stereocenters. The fraction of sp³-hybridized carbons (Fsp3) is 0.303. The van der Waals surface area contributed by atoms with Crippen LogP contribution in [0.1, 0.15) is 46.3 Å². The number of methoxy groups -OCH3 is 1. The topological polar surface area (TPSA) is 102 Å². The van der Waals surface area contributed by atoms with Gasteiger partial charge in [-0.2, -0.15) is 0 Å². The van der Waals surface area contributed by atoms with Crippen LogP contribution in [0.3, 0.4) is 0 Å². The minimum absolute atomic E-state index is 0.0229. The number of halogens is 1. The molecule has 11 heteroatoms. The van der Waals surface area contributed by atoms with Gasteiger partial charge >= 0.3 is 5.97 Å². The lowest BCUT2D eigenvalue weighted by Gasteiger charge is -2.32. The second kappa shape index (κ2) is 11.3. The molecule has 6 heterocycles. The van der Waals surface area contributed by atoms with Gasteiger partial charge in [-0.15, -0.1) is 5.10 Å². The van der Waals surface area contributed by atoms with E-state index in [2.05, 4.69) is 25.9 Å². The number of aromatic nitrogens is 7. The molecule has 1 aliphatic heterocycles. The highest BCUT2D eigenvalue weighted by Gasteiger charge is 2.35. The van der Waals surface area contributed by atoms with Crippen LogP contribution in [0.15, 0.2) is 67.0 Å². The van der Waals surface area contributed by atoms with Crippen LogP contribution >= 0.6 is 0 Å². The van der Waals surface area contributed by atoms with E-state index in [1.54, 1.807) is 23.1 Å². The summed E-state index contributed by atoms with van der Waals surface area (Å²) < 4.78 is 32.5. The molecular formula is C33H32FN7O3. The first kappa shape index (κ1) is 27.9. The quantitative estimate of drug-likeness (QED) is 0.226. The number of nitrogens with zero attached hydrogens (tertiary/aromatic N) is 7. The van der Waals surface area contributed by atoms with Crippen LogP contribution in [0.5, 0.6) is 0 Å². The number of esters is 1. The maximum atomic E-state index is 15.7. The Labute approximate surface area is 253 Å². The van der Waals surface area contributed by atoms with E-state index < -0.39 is 12.0 Å². The minimum atomic E-state index is -0.485. The van der Waals surface area contributed by atoms with Gasteiger partial charge in [-0.05, 0) is 55.5 Å². The largest absolute Gasteiger partial charge is 0.464 e. The van der Waals surface area contributed by atoms with Crippen molar-refractivity contribution in [1.29, 1.82) is 0 Å². The molecule has 1 aliphatic rings. The molecule has 1 aromatic carbocycles. The van der Waals surface area contributed by atoms with E-state index >= 15 is 4.39 Å². The average Bonchev–Trinajstić information content (AvgIpc) is 3.69. The Bertz CT molecular complexity index is 1970. The van der Waals surface area contributed by atoms with Crippen molar-refractivity contribution in [3.05, 3.63) is 95.5 Å². The Morgan fingerprint density at radius 3 is 2.59 bits per heavy atom. The molecule has 0 amide bonds. The minimum Gasteiger partial charge on any atom is -0.464 e.